The summed E-state index contributed by atoms with van der Waals surface area (Å²) >= 11 is 0. The van der Waals surface area contributed by atoms with Gasteiger partial charge in [-0.15, -0.1) is 0 Å². The average Bonchev–Trinajstić information content (AvgIpc) is 2.83. The van der Waals surface area contributed by atoms with Crippen molar-refractivity contribution in [3.05, 3.63) is 41.5 Å². The summed E-state index contributed by atoms with van der Waals surface area (Å²) in [5.74, 6) is -2.14. The normalized spacial score (nSPS) is 14.4. The lowest BCUT2D eigenvalue weighted by molar-refractivity contribution is -0.144. The SMILES string of the molecule is O=C(O)C(CCN(CCCCc1ccc2c(n1)NCCC2)CC(F)F)Nc1ccnc(C(F)(F)F)n1. The van der Waals surface area contributed by atoms with Crippen LogP contribution in [-0.2, 0) is 23.8 Å². The van der Waals surface area contributed by atoms with E-state index in [4.69, 9.17) is 0 Å². The molecule has 1 atom stereocenters. The van der Waals surface area contributed by atoms with Gasteiger partial charge in [-0.05, 0) is 62.8 Å². The third kappa shape index (κ3) is 8.54. The molecule has 36 heavy (non-hydrogen) atoms. The Hall–Kier alpha value is -3.09. The Bertz CT molecular complexity index is 1010. The average molecular weight is 517 g/mol. The van der Waals surface area contributed by atoms with Gasteiger partial charge in [0.25, 0.3) is 6.43 Å². The number of aromatic nitrogens is 3. The largest absolute Gasteiger partial charge is 0.480 e. The number of halogens is 5. The predicted molar refractivity (Wildman–Crippen MR) is 123 cm³/mol. The molecule has 1 aliphatic heterocycles. The molecule has 2 aromatic rings. The summed E-state index contributed by atoms with van der Waals surface area (Å²) in [5.41, 5.74) is 2.10. The first-order valence-electron chi connectivity index (χ1n) is 11.7. The lowest BCUT2D eigenvalue weighted by Gasteiger charge is -2.24. The highest BCUT2D eigenvalue weighted by Crippen LogP contribution is 2.26. The van der Waals surface area contributed by atoms with Crippen LogP contribution in [0.15, 0.2) is 24.4 Å². The summed E-state index contributed by atoms with van der Waals surface area (Å²) < 4.78 is 64.6. The first-order chi connectivity index (χ1) is 17.1. The number of carboxylic acid groups (broad SMARTS) is 1. The summed E-state index contributed by atoms with van der Waals surface area (Å²) in [7, 11) is 0. The third-order valence-corrected chi connectivity index (χ3v) is 5.77. The number of nitrogens with one attached hydrogen (secondary N) is 2. The number of nitrogens with zero attached hydrogens (tertiary/aromatic N) is 4. The van der Waals surface area contributed by atoms with Gasteiger partial charge in [0, 0.05) is 25.0 Å². The van der Waals surface area contributed by atoms with E-state index >= 15 is 0 Å². The minimum atomic E-state index is -4.78. The Morgan fingerprint density at radius 1 is 1.17 bits per heavy atom. The zero-order chi connectivity index (χ0) is 26.1. The van der Waals surface area contributed by atoms with Crippen LogP contribution >= 0.6 is 0 Å². The van der Waals surface area contributed by atoms with E-state index in [1.807, 2.05) is 6.07 Å². The Morgan fingerprint density at radius 2 is 1.97 bits per heavy atom. The first kappa shape index (κ1) is 27.5. The summed E-state index contributed by atoms with van der Waals surface area (Å²) in [6.07, 6.45) is -2.56. The number of unbranched alkanes of at least 4 members (excludes halogenated alkanes) is 1. The van der Waals surface area contributed by atoms with Crippen molar-refractivity contribution in [1.82, 2.24) is 19.9 Å². The predicted octanol–water partition coefficient (Wildman–Crippen LogP) is 4.09. The molecule has 0 fully saturated rings. The smallest absolute Gasteiger partial charge is 0.451 e. The zero-order valence-electron chi connectivity index (χ0n) is 19.6. The Kier molecular flexibility index (Phi) is 9.73. The van der Waals surface area contributed by atoms with Crippen LogP contribution in [0, 0.1) is 0 Å². The number of carboxylic acids is 1. The molecule has 3 rings (SSSR count). The molecule has 0 bridgehead atoms. The molecule has 1 aliphatic rings. The van der Waals surface area contributed by atoms with Crippen LogP contribution in [0.1, 0.15) is 42.8 Å². The van der Waals surface area contributed by atoms with Crippen LogP contribution in [0.2, 0.25) is 0 Å². The second kappa shape index (κ2) is 12.7. The number of carbonyl (C=O) groups is 1. The molecule has 3 heterocycles. The van der Waals surface area contributed by atoms with Gasteiger partial charge >= 0.3 is 12.1 Å². The van der Waals surface area contributed by atoms with Crippen molar-refractivity contribution >= 4 is 17.6 Å². The molecule has 0 aliphatic carbocycles. The number of fused-ring (bicyclic) bond motifs is 1. The van der Waals surface area contributed by atoms with E-state index in [-0.39, 0.29) is 18.8 Å². The van der Waals surface area contributed by atoms with Crippen LogP contribution in [0.3, 0.4) is 0 Å². The maximum Gasteiger partial charge on any atom is 0.451 e. The summed E-state index contributed by atoms with van der Waals surface area (Å²) in [6, 6.07) is 3.84. The number of anilines is 2. The van der Waals surface area contributed by atoms with E-state index < -0.39 is 37.0 Å². The second-order valence-corrected chi connectivity index (χ2v) is 8.58. The van der Waals surface area contributed by atoms with Gasteiger partial charge in [0.2, 0.25) is 5.82 Å². The van der Waals surface area contributed by atoms with Gasteiger partial charge in [0.1, 0.15) is 17.7 Å². The first-order valence-corrected chi connectivity index (χ1v) is 11.7. The fourth-order valence-corrected chi connectivity index (χ4v) is 3.96. The van der Waals surface area contributed by atoms with E-state index in [1.165, 1.54) is 10.5 Å². The topological polar surface area (TPSA) is 103 Å². The molecule has 0 aromatic carbocycles. The number of rotatable bonds is 13. The quantitative estimate of drug-likeness (QED) is 0.270. The molecule has 1 unspecified atom stereocenters. The van der Waals surface area contributed by atoms with Crippen molar-refractivity contribution in [2.75, 3.05) is 36.8 Å². The molecule has 8 nitrogen and oxygen atoms in total. The van der Waals surface area contributed by atoms with E-state index in [2.05, 4.69) is 31.7 Å². The van der Waals surface area contributed by atoms with Crippen LogP contribution in [0.25, 0.3) is 0 Å². The van der Waals surface area contributed by atoms with Gasteiger partial charge in [-0.1, -0.05) is 6.07 Å². The van der Waals surface area contributed by atoms with Crippen molar-refractivity contribution in [1.29, 1.82) is 0 Å². The van der Waals surface area contributed by atoms with Crippen LogP contribution in [0.5, 0.6) is 0 Å². The highest BCUT2D eigenvalue weighted by molar-refractivity contribution is 5.76. The molecule has 0 spiro atoms. The van der Waals surface area contributed by atoms with Crippen LogP contribution in [0.4, 0.5) is 33.6 Å². The Balaban J connectivity index is 1.51. The van der Waals surface area contributed by atoms with Gasteiger partial charge in [-0.2, -0.15) is 13.2 Å². The van der Waals surface area contributed by atoms with Crippen molar-refractivity contribution < 1.29 is 31.9 Å². The van der Waals surface area contributed by atoms with E-state index in [0.717, 1.165) is 43.2 Å². The monoisotopic (exact) mass is 516 g/mol. The number of aryl methyl sites for hydroxylation is 2. The maximum absolute atomic E-state index is 13.1. The minimum absolute atomic E-state index is 0.0204. The molecule has 198 valence electrons. The van der Waals surface area contributed by atoms with Gasteiger partial charge in [-0.25, -0.2) is 28.5 Å². The van der Waals surface area contributed by atoms with Gasteiger partial charge in [0.15, 0.2) is 0 Å². The van der Waals surface area contributed by atoms with Crippen molar-refractivity contribution in [3.8, 4) is 0 Å². The number of hydrogen-bond donors (Lipinski definition) is 3. The fourth-order valence-electron chi connectivity index (χ4n) is 3.96. The third-order valence-electron chi connectivity index (χ3n) is 5.77. The molecule has 0 saturated heterocycles. The minimum Gasteiger partial charge on any atom is -0.480 e. The lowest BCUT2D eigenvalue weighted by Crippen LogP contribution is -2.37. The second-order valence-electron chi connectivity index (χ2n) is 8.58. The standard InChI is InChI=1S/C23H29F5N6O2/c24-18(25)14-34(12-2-1-5-16-7-6-15-4-3-10-29-20(15)31-16)13-9-17(21(35)36)32-19-8-11-30-22(33-19)23(26,27)28/h6-8,11,17-18H,1-5,9-10,12-14H2,(H,29,31)(H,35,36)(H,30,32,33). The fraction of sp³-hybridized carbons (Fsp3) is 0.565. The number of pyridine rings is 1. The highest BCUT2D eigenvalue weighted by Gasteiger charge is 2.35. The number of aliphatic carboxylic acids is 1. The summed E-state index contributed by atoms with van der Waals surface area (Å²) in [4.78, 5) is 24.2. The highest BCUT2D eigenvalue weighted by atomic mass is 19.4. The molecule has 0 saturated carbocycles. The Morgan fingerprint density at radius 3 is 2.69 bits per heavy atom. The van der Waals surface area contributed by atoms with Crippen LogP contribution < -0.4 is 10.6 Å². The summed E-state index contributed by atoms with van der Waals surface area (Å²) in [5, 5.41) is 15.2. The molecular formula is C23H29F5N6O2. The summed E-state index contributed by atoms with van der Waals surface area (Å²) in [6.45, 7) is 0.705. The van der Waals surface area contributed by atoms with Gasteiger partial charge in [-0.3, -0.25) is 4.90 Å². The number of alkyl halides is 5. The van der Waals surface area contributed by atoms with Gasteiger partial charge < -0.3 is 15.7 Å². The van der Waals surface area contributed by atoms with Crippen molar-refractivity contribution in [2.45, 2.75) is 57.2 Å². The zero-order valence-corrected chi connectivity index (χ0v) is 19.6. The maximum atomic E-state index is 13.1. The van der Waals surface area contributed by atoms with E-state index in [9.17, 15) is 31.9 Å². The van der Waals surface area contributed by atoms with Gasteiger partial charge in [0.05, 0.1) is 6.54 Å². The van der Waals surface area contributed by atoms with E-state index in [1.54, 1.807) is 0 Å². The Labute approximate surface area is 205 Å². The molecular weight excluding hydrogens is 487 g/mol. The molecule has 3 N–H and O–H groups in total. The molecule has 13 heteroatoms. The molecule has 0 amide bonds. The molecule has 0 radical (unpaired) electrons. The molecule has 2 aromatic heterocycles. The van der Waals surface area contributed by atoms with Crippen molar-refractivity contribution in [2.24, 2.45) is 0 Å². The number of hydrogen-bond acceptors (Lipinski definition) is 7. The van der Waals surface area contributed by atoms with Crippen molar-refractivity contribution in [3.63, 3.8) is 0 Å². The van der Waals surface area contributed by atoms with E-state index in [0.29, 0.717) is 25.8 Å². The lowest BCUT2D eigenvalue weighted by atomic mass is 10.1. The van der Waals surface area contributed by atoms with Crippen LogP contribution in [-0.4, -0.2) is 69.6 Å².